The second-order valence-corrected chi connectivity index (χ2v) is 6.11. The van der Waals surface area contributed by atoms with Gasteiger partial charge in [-0.25, -0.2) is 0 Å². The van der Waals surface area contributed by atoms with Crippen LogP contribution in [-0.2, 0) is 25.5 Å². The first-order valence-corrected chi connectivity index (χ1v) is 9.00. The van der Waals surface area contributed by atoms with E-state index in [4.69, 9.17) is 9.47 Å². The lowest BCUT2D eigenvalue weighted by molar-refractivity contribution is -0.145. The van der Waals surface area contributed by atoms with Crippen LogP contribution in [0.5, 0.6) is 5.75 Å². The molecule has 0 spiro atoms. The van der Waals surface area contributed by atoms with Crippen molar-refractivity contribution >= 4 is 17.8 Å². The number of hydrogen-bond acceptors (Lipinski definition) is 5. The molecule has 0 unspecified atom stereocenters. The highest BCUT2D eigenvalue weighted by molar-refractivity contribution is 5.84. The summed E-state index contributed by atoms with van der Waals surface area (Å²) in [6, 6.07) is 17.0. The van der Waals surface area contributed by atoms with Crippen LogP contribution in [0.1, 0.15) is 24.0 Å². The molecule has 148 valence electrons. The molecule has 0 aromatic heterocycles. The molecule has 0 radical (unpaired) electrons. The zero-order chi connectivity index (χ0) is 20.2. The fourth-order valence-corrected chi connectivity index (χ4v) is 2.31. The molecule has 2 rings (SSSR count). The summed E-state index contributed by atoms with van der Waals surface area (Å²) in [5.74, 6) is -0.839. The molecule has 0 aliphatic heterocycles. The van der Waals surface area contributed by atoms with Gasteiger partial charge in [0.25, 0.3) is 5.91 Å². The van der Waals surface area contributed by atoms with Gasteiger partial charge >= 0.3 is 5.97 Å². The van der Waals surface area contributed by atoms with Crippen LogP contribution in [0.3, 0.4) is 0 Å². The van der Waals surface area contributed by atoms with Crippen molar-refractivity contribution in [3.63, 3.8) is 0 Å². The molecule has 7 heteroatoms. The number of hydrazine groups is 1. The maximum absolute atomic E-state index is 11.7. The third kappa shape index (κ3) is 7.90. The van der Waals surface area contributed by atoms with Crippen LogP contribution >= 0.6 is 0 Å². The zero-order valence-electron chi connectivity index (χ0n) is 15.8. The summed E-state index contributed by atoms with van der Waals surface area (Å²) in [7, 11) is 0. The van der Waals surface area contributed by atoms with Gasteiger partial charge < -0.3 is 9.47 Å². The van der Waals surface area contributed by atoms with E-state index in [0.717, 1.165) is 11.1 Å². The summed E-state index contributed by atoms with van der Waals surface area (Å²) in [5.41, 5.74) is 6.47. The molecule has 2 aromatic rings. The number of hydrogen-bond donors (Lipinski definition) is 2. The van der Waals surface area contributed by atoms with E-state index < -0.39 is 17.8 Å². The van der Waals surface area contributed by atoms with Crippen LogP contribution in [0.15, 0.2) is 54.6 Å². The van der Waals surface area contributed by atoms with Gasteiger partial charge in [-0.1, -0.05) is 48.5 Å². The third-order valence-corrected chi connectivity index (χ3v) is 3.85. The number of para-hydroxylation sites is 1. The first-order valence-electron chi connectivity index (χ1n) is 9.00. The number of esters is 1. The fraction of sp³-hybridized carbons (Fsp3) is 0.286. The van der Waals surface area contributed by atoms with Crippen LogP contribution in [-0.4, -0.2) is 31.0 Å². The maximum Gasteiger partial charge on any atom is 0.306 e. The van der Waals surface area contributed by atoms with E-state index in [0.29, 0.717) is 12.2 Å². The Morgan fingerprint density at radius 3 is 2.29 bits per heavy atom. The lowest BCUT2D eigenvalue weighted by atomic mass is 10.2. The average Bonchev–Trinajstić information content (AvgIpc) is 2.71. The first kappa shape index (κ1) is 21.0. The van der Waals surface area contributed by atoms with E-state index in [2.05, 4.69) is 10.9 Å². The second kappa shape index (κ2) is 11.4. The molecule has 0 saturated carbocycles. The largest absolute Gasteiger partial charge is 0.483 e. The number of carbonyl (C=O) groups is 3. The molecule has 0 atom stereocenters. The van der Waals surface area contributed by atoms with Crippen molar-refractivity contribution in [1.29, 1.82) is 0 Å². The smallest absolute Gasteiger partial charge is 0.306 e. The van der Waals surface area contributed by atoms with Crippen LogP contribution in [0.25, 0.3) is 0 Å². The van der Waals surface area contributed by atoms with Gasteiger partial charge in [0.15, 0.2) is 6.61 Å². The van der Waals surface area contributed by atoms with E-state index in [1.165, 1.54) is 0 Å². The van der Waals surface area contributed by atoms with Crippen molar-refractivity contribution in [2.75, 3.05) is 13.2 Å². The Morgan fingerprint density at radius 1 is 0.857 bits per heavy atom. The van der Waals surface area contributed by atoms with Gasteiger partial charge in [0, 0.05) is 12.8 Å². The molecule has 2 amide bonds. The summed E-state index contributed by atoms with van der Waals surface area (Å²) < 4.78 is 10.5. The van der Waals surface area contributed by atoms with Gasteiger partial charge in [0.05, 0.1) is 13.0 Å². The Balaban J connectivity index is 1.55. The maximum atomic E-state index is 11.7. The normalized spacial score (nSPS) is 10.0. The van der Waals surface area contributed by atoms with Crippen LogP contribution in [0.4, 0.5) is 0 Å². The standard InChI is InChI=1S/C21H24N2O5/c1-16-7-5-6-10-18(16)28-15-20(25)23-22-19(24)11-12-21(26)27-14-13-17-8-3-2-4-9-17/h2-10H,11-15H2,1H3,(H,22,24)(H,23,25). The highest BCUT2D eigenvalue weighted by atomic mass is 16.5. The van der Waals surface area contributed by atoms with Crippen LogP contribution < -0.4 is 15.6 Å². The monoisotopic (exact) mass is 384 g/mol. The van der Waals surface area contributed by atoms with Crippen molar-refractivity contribution < 1.29 is 23.9 Å². The third-order valence-electron chi connectivity index (χ3n) is 3.85. The average molecular weight is 384 g/mol. The van der Waals surface area contributed by atoms with E-state index in [-0.39, 0.29) is 26.1 Å². The Bertz CT molecular complexity index is 792. The predicted octanol–water partition coefficient (Wildman–Crippen LogP) is 2.09. The Labute approximate surface area is 164 Å². The van der Waals surface area contributed by atoms with Gasteiger partial charge in [0.2, 0.25) is 5.91 Å². The summed E-state index contributed by atoms with van der Waals surface area (Å²) >= 11 is 0. The number of carbonyl (C=O) groups excluding carboxylic acids is 3. The van der Waals surface area contributed by atoms with Gasteiger partial charge in [0.1, 0.15) is 5.75 Å². The summed E-state index contributed by atoms with van der Waals surface area (Å²) in [6.45, 7) is 1.90. The van der Waals surface area contributed by atoms with E-state index >= 15 is 0 Å². The first-order chi connectivity index (χ1) is 13.5. The Kier molecular flexibility index (Phi) is 8.52. The van der Waals surface area contributed by atoms with Gasteiger partial charge in [-0.2, -0.15) is 0 Å². The van der Waals surface area contributed by atoms with E-state index in [1.54, 1.807) is 12.1 Å². The minimum atomic E-state index is -0.498. The van der Waals surface area contributed by atoms with Crippen LogP contribution in [0, 0.1) is 6.92 Å². The van der Waals surface area contributed by atoms with Crippen molar-refractivity contribution in [2.24, 2.45) is 0 Å². The summed E-state index contributed by atoms with van der Waals surface area (Å²) in [5, 5.41) is 0. The predicted molar refractivity (Wildman–Crippen MR) is 103 cm³/mol. The fourth-order valence-electron chi connectivity index (χ4n) is 2.31. The number of rotatable bonds is 9. The highest BCUT2D eigenvalue weighted by Gasteiger charge is 2.10. The molecule has 0 heterocycles. The molecule has 28 heavy (non-hydrogen) atoms. The molecule has 2 aromatic carbocycles. The van der Waals surface area contributed by atoms with Gasteiger partial charge in [-0.3, -0.25) is 25.2 Å². The highest BCUT2D eigenvalue weighted by Crippen LogP contribution is 2.15. The molecule has 0 saturated heterocycles. The van der Waals surface area contributed by atoms with Gasteiger partial charge in [-0.05, 0) is 24.1 Å². The molecule has 0 fully saturated rings. The molecule has 0 bridgehead atoms. The van der Waals surface area contributed by atoms with Crippen molar-refractivity contribution in [2.45, 2.75) is 26.2 Å². The van der Waals surface area contributed by atoms with Crippen molar-refractivity contribution in [1.82, 2.24) is 10.9 Å². The van der Waals surface area contributed by atoms with E-state index in [1.807, 2.05) is 49.4 Å². The second-order valence-electron chi connectivity index (χ2n) is 6.11. The summed E-state index contributed by atoms with van der Waals surface area (Å²) in [6.07, 6.45) is 0.481. The molecular weight excluding hydrogens is 360 g/mol. The van der Waals surface area contributed by atoms with Gasteiger partial charge in [-0.15, -0.1) is 0 Å². The zero-order valence-corrected chi connectivity index (χ0v) is 15.8. The van der Waals surface area contributed by atoms with Crippen LogP contribution in [0.2, 0.25) is 0 Å². The van der Waals surface area contributed by atoms with E-state index in [9.17, 15) is 14.4 Å². The number of nitrogens with one attached hydrogen (secondary N) is 2. The molecule has 0 aliphatic rings. The molecular formula is C21H24N2O5. The molecule has 2 N–H and O–H groups in total. The number of benzene rings is 2. The minimum absolute atomic E-state index is 0.0593. The van der Waals surface area contributed by atoms with Crippen molar-refractivity contribution in [3.8, 4) is 5.75 Å². The summed E-state index contributed by atoms with van der Waals surface area (Å²) in [4.78, 5) is 35.1. The number of aryl methyl sites for hydroxylation is 1. The molecule has 0 aliphatic carbocycles. The Morgan fingerprint density at radius 2 is 1.54 bits per heavy atom. The number of ether oxygens (including phenoxy) is 2. The topological polar surface area (TPSA) is 93.7 Å². The lowest BCUT2D eigenvalue weighted by Gasteiger charge is -2.10. The molecule has 7 nitrogen and oxygen atoms in total. The lowest BCUT2D eigenvalue weighted by Crippen LogP contribution is -2.43. The number of amides is 2. The SMILES string of the molecule is Cc1ccccc1OCC(=O)NNC(=O)CCC(=O)OCCc1ccccc1. The Hall–Kier alpha value is -3.35. The quantitative estimate of drug-likeness (QED) is 0.510. The van der Waals surface area contributed by atoms with Crippen molar-refractivity contribution in [3.05, 3.63) is 65.7 Å². The minimum Gasteiger partial charge on any atom is -0.483 e.